The quantitative estimate of drug-likeness (QED) is 0.579. The second-order valence-electron chi connectivity index (χ2n) is 5.54. The summed E-state index contributed by atoms with van der Waals surface area (Å²) >= 11 is 0. The van der Waals surface area contributed by atoms with Crippen LogP contribution in [-0.2, 0) is 14.8 Å². The molecule has 6 nitrogen and oxygen atoms in total. The van der Waals surface area contributed by atoms with Crippen molar-refractivity contribution < 1.29 is 13.2 Å². The summed E-state index contributed by atoms with van der Waals surface area (Å²) in [5, 5.41) is 11.0. The summed E-state index contributed by atoms with van der Waals surface area (Å²) in [6, 6.07) is 15.3. The van der Waals surface area contributed by atoms with E-state index in [0.29, 0.717) is 11.3 Å². The molecule has 0 atom stereocenters. The minimum atomic E-state index is -3.73. The van der Waals surface area contributed by atoms with Crippen molar-refractivity contribution in [3.63, 3.8) is 0 Å². The second kappa shape index (κ2) is 8.83. The van der Waals surface area contributed by atoms with Crippen LogP contribution in [-0.4, -0.2) is 20.9 Å². The van der Waals surface area contributed by atoms with Crippen LogP contribution in [0, 0.1) is 18.3 Å². The number of nitrogens with zero attached hydrogens (tertiary/aromatic N) is 1. The Hall–Kier alpha value is -3.11. The first kappa shape index (κ1) is 19.2. The predicted molar refractivity (Wildman–Crippen MR) is 101 cm³/mol. The number of benzene rings is 2. The number of nitriles is 1. The summed E-state index contributed by atoms with van der Waals surface area (Å²) in [4.78, 5) is 11.9. The number of carbonyl (C=O) groups excluding carboxylic acids is 1. The van der Waals surface area contributed by atoms with Gasteiger partial charge in [0.25, 0.3) is 10.0 Å². The van der Waals surface area contributed by atoms with E-state index < -0.39 is 10.0 Å². The van der Waals surface area contributed by atoms with E-state index in [1.807, 2.05) is 19.1 Å². The third-order valence-electron chi connectivity index (χ3n) is 3.46. The van der Waals surface area contributed by atoms with E-state index in [0.717, 1.165) is 5.56 Å². The Kier molecular flexibility index (Phi) is 6.53. The zero-order valence-electron chi connectivity index (χ0n) is 14.3. The minimum Gasteiger partial charge on any atom is -0.352 e. The molecule has 0 aromatic heterocycles. The molecular formula is C19H19N3O3S. The largest absolute Gasteiger partial charge is 0.352 e. The third kappa shape index (κ3) is 5.46. The van der Waals surface area contributed by atoms with Gasteiger partial charge < -0.3 is 5.32 Å². The Morgan fingerprint density at radius 1 is 1.19 bits per heavy atom. The summed E-state index contributed by atoms with van der Waals surface area (Å²) in [6.45, 7) is 2.11. The summed E-state index contributed by atoms with van der Waals surface area (Å²) in [5.74, 6) is -0.349. The first-order chi connectivity index (χ1) is 12.4. The van der Waals surface area contributed by atoms with Crippen LogP contribution in [0.1, 0.15) is 17.5 Å². The standard InChI is InChI=1S/C19H19N3O3S/c1-15-8-9-16(10-11-19(23)21-13-5-12-20)18(14-15)22-26(24,25)17-6-3-2-4-7-17/h2-4,6-11,14,22H,5,13H2,1H3,(H,21,23). The Morgan fingerprint density at radius 2 is 1.92 bits per heavy atom. The summed E-state index contributed by atoms with van der Waals surface area (Å²) in [7, 11) is -3.73. The molecule has 0 aliphatic carbocycles. The Balaban J connectivity index is 2.23. The molecule has 2 N–H and O–H groups in total. The van der Waals surface area contributed by atoms with E-state index in [1.165, 1.54) is 24.3 Å². The molecule has 0 saturated heterocycles. The SMILES string of the molecule is Cc1ccc(C=CC(=O)NCCC#N)c(NS(=O)(=O)c2ccccc2)c1. The first-order valence-electron chi connectivity index (χ1n) is 7.94. The van der Waals surface area contributed by atoms with Crippen molar-refractivity contribution in [1.29, 1.82) is 5.26 Å². The van der Waals surface area contributed by atoms with Crippen LogP contribution in [0.5, 0.6) is 0 Å². The Labute approximate surface area is 153 Å². The van der Waals surface area contributed by atoms with Crippen molar-refractivity contribution in [3.05, 3.63) is 65.7 Å². The number of carbonyl (C=O) groups is 1. The highest BCUT2D eigenvalue weighted by Gasteiger charge is 2.15. The van der Waals surface area contributed by atoms with Crippen molar-refractivity contribution >= 4 is 27.7 Å². The lowest BCUT2D eigenvalue weighted by atomic mass is 10.1. The average molecular weight is 369 g/mol. The number of nitrogens with one attached hydrogen (secondary N) is 2. The molecule has 2 rings (SSSR count). The van der Waals surface area contributed by atoms with Gasteiger partial charge in [-0.25, -0.2) is 8.42 Å². The van der Waals surface area contributed by atoms with Gasteiger partial charge in [-0.3, -0.25) is 9.52 Å². The zero-order valence-corrected chi connectivity index (χ0v) is 15.1. The third-order valence-corrected chi connectivity index (χ3v) is 4.84. The van der Waals surface area contributed by atoms with Gasteiger partial charge in [-0.2, -0.15) is 5.26 Å². The lowest BCUT2D eigenvalue weighted by Gasteiger charge is -2.12. The highest BCUT2D eigenvalue weighted by Crippen LogP contribution is 2.23. The van der Waals surface area contributed by atoms with Crippen LogP contribution >= 0.6 is 0 Å². The van der Waals surface area contributed by atoms with E-state index in [2.05, 4.69) is 10.0 Å². The van der Waals surface area contributed by atoms with E-state index in [-0.39, 0.29) is 23.8 Å². The summed E-state index contributed by atoms with van der Waals surface area (Å²) < 4.78 is 27.6. The maximum absolute atomic E-state index is 12.5. The van der Waals surface area contributed by atoms with Crippen LogP contribution in [0.15, 0.2) is 59.5 Å². The van der Waals surface area contributed by atoms with Crippen molar-refractivity contribution in [2.75, 3.05) is 11.3 Å². The fourth-order valence-electron chi connectivity index (χ4n) is 2.17. The van der Waals surface area contributed by atoms with Crippen molar-refractivity contribution in [2.24, 2.45) is 0 Å². The maximum Gasteiger partial charge on any atom is 0.261 e. The number of sulfonamides is 1. The fraction of sp³-hybridized carbons (Fsp3) is 0.158. The van der Waals surface area contributed by atoms with Crippen molar-refractivity contribution in [1.82, 2.24) is 5.32 Å². The van der Waals surface area contributed by atoms with Crippen LogP contribution in [0.4, 0.5) is 5.69 Å². The van der Waals surface area contributed by atoms with E-state index in [4.69, 9.17) is 5.26 Å². The van der Waals surface area contributed by atoms with Gasteiger partial charge >= 0.3 is 0 Å². The molecule has 2 aromatic carbocycles. The van der Waals surface area contributed by atoms with E-state index in [9.17, 15) is 13.2 Å². The Bertz CT molecular complexity index is 946. The summed E-state index contributed by atoms with van der Waals surface area (Å²) in [6.07, 6.45) is 3.07. The van der Waals surface area contributed by atoms with Crippen LogP contribution in [0.2, 0.25) is 0 Å². The number of anilines is 1. The Morgan fingerprint density at radius 3 is 2.62 bits per heavy atom. The number of rotatable bonds is 7. The molecule has 0 bridgehead atoms. The number of hydrogen-bond donors (Lipinski definition) is 2. The highest BCUT2D eigenvalue weighted by molar-refractivity contribution is 7.92. The van der Waals surface area contributed by atoms with E-state index in [1.54, 1.807) is 30.3 Å². The predicted octanol–water partition coefficient (Wildman–Crippen LogP) is 2.84. The number of amides is 1. The molecule has 2 aromatic rings. The number of aryl methyl sites for hydroxylation is 1. The monoisotopic (exact) mass is 369 g/mol. The maximum atomic E-state index is 12.5. The van der Waals surface area contributed by atoms with Gasteiger partial charge in [0.2, 0.25) is 5.91 Å². The first-order valence-corrected chi connectivity index (χ1v) is 9.42. The van der Waals surface area contributed by atoms with Crippen LogP contribution < -0.4 is 10.0 Å². The van der Waals surface area contributed by atoms with Gasteiger partial charge in [-0.15, -0.1) is 0 Å². The lowest BCUT2D eigenvalue weighted by molar-refractivity contribution is -0.116. The van der Waals surface area contributed by atoms with Crippen molar-refractivity contribution in [2.45, 2.75) is 18.2 Å². The molecule has 0 heterocycles. The van der Waals surface area contributed by atoms with Crippen molar-refractivity contribution in [3.8, 4) is 6.07 Å². The molecule has 0 aliphatic heterocycles. The molecule has 0 fully saturated rings. The fourth-order valence-corrected chi connectivity index (χ4v) is 3.27. The van der Waals surface area contributed by atoms with Gasteiger partial charge in [0.15, 0.2) is 0 Å². The van der Waals surface area contributed by atoms with Crippen LogP contribution in [0.25, 0.3) is 6.08 Å². The molecule has 0 saturated carbocycles. The van der Waals surface area contributed by atoms with Gasteiger partial charge in [0.05, 0.1) is 23.1 Å². The van der Waals surface area contributed by atoms with Gasteiger partial charge in [-0.05, 0) is 42.3 Å². The molecule has 26 heavy (non-hydrogen) atoms. The molecule has 1 amide bonds. The number of hydrogen-bond acceptors (Lipinski definition) is 4. The molecule has 134 valence electrons. The van der Waals surface area contributed by atoms with Gasteiger partial charge in [0, 0.05) is 12.6 Å². The highest BCUT2D eigenvalue weighted by atomic mass is 32.2. The molecule has 0 spiro atoms. The topological polar surface area (TPSA) is 99.1 Å². The molecule has 7 heteroatoms. The normalized spacial score (nSPS) is 11.1. The molecule has 0 unspecified atom stereocenters. The lowest BCUT2D eigenvalue weighted by Crippen LogP contribution is -2.21. The zero-order chi connectivity index (χ0) is 19.0. The summed E-state index contributed by atoms with van der Waals surface area (Å²) in [5.41, 5.74) is 1.83. The second-order valence-corrected chi connectivity index (χ2v) is 7.22. The van der Waals surface area contributed by atoms with Gasteiger partial charge in [-0.1, -0.05) is 30.3 Å². The molecule has 0 aliphatic rings. The smallest absolute Gasteiger partial charge is 0.261 e. The van der Waals surface area contributed by atoms with E-state index >= 15 is 0 Å². The minimum absolute atomic E-state index is 0.158. The molecular weight excluding hydrogens is 350 g/mol. The average Bonchev–Trinajstić information content (AvgIpc) is 2.62. The van der Waals surface area contributed by atoms with Crippen LogP contribution in [0.3, 0.4) is 0 Å². The molecule has 0 radical (unpaired) electrons. The van der Waals surface area contributed by atoms with Gasteiger partial charge in [0.1, 0.15) is 0 Å².